The molecule has 1 heterocycles. The van der Waals surface area contributed by atoms with Crippen LogP contribution >= 0.6 is 0 Å². The van der Waals surface area contributed by atoms with E-state index in [0.29, 0.717) is 13.0 Å². The fourth-order valence-electron chi connectivity index (χ4n) is 4.09. The lowest BCUT2D eigenvalue weighted by Gasteiger charge is -2.32. The van der Waals surface area contributed by atoms with Crippen LogP contribution in [0.1, 0.15) is 51.9 Å². The van der Waals surface area contributed by atoms with Crippen molar-refractivity contribution in [3.8, 4) is 0 Å². The molecule has 1 aliphatic carbocycles. The largest absolute Gasteiger partial charge is 0.464 e. The van der Waals surface area contributed by atoms with Gasteiger partial charge in [-0.15, -0.1) is 0 Å². The van der Waals surface area contributed by atoms with Gasteiger partial charge in [-0.1, -0.05) is 44.4 Å². The number of carbonyl (C=O) groups is 1. The van der Waals surface area contributed by atoms with E-state index < -0.39 is 16.1 Å². The third kappa shape index (κ3) is 3.75. The number of nitrogens with zero attached hydrogens (tertiary/aromatic N) is 1. The first-order valence-electron chi connectivity index (χ1n) is 9.31. The molecule has 0 aromatic heterocycles. The summed E-state index contributed by atoms with van der Waals surface area (Å²) in [6.45, 7) is 2.39. The van der Waals surface area contributed by atoms with Crippen molar-refractivity contribution >= 4 is 16.0 Å². The third-order valence-electron chi connectivity index (χ3n) is 5.36. The highest BCUT2D eigenvalue weighted by Crippen LogP contribution is 2.43. The van der Waals surface area contributed by atoms with E-state index in [1.54, 1.807) is 30.3 Å². The minimum Gasteiger partial charge on any atom is -0.464 e. The van der Waals surface area contributed by atoms with Crippen molar-refractivity contribution in [2.24, 2.45) is 5.92 Å². The fraction of sp³-hybridized carbons (Fsp3) is 0.632. The topological polar surface area (TPSA) is 63.7 Å². The average molecular weight is 365 g/mol. The first-order chi connectivity index (χ1) is 12.1. The molecule has 0 bridgehead atoms. The molecule has 138 valence electrons. The first-order valence-corrected chi connectivity index (χ1v) is 10.7. The zero-order valence-corrected chi connectivity index (χ0v) is 15.6. The smallest absolute Gasteiger partial charge is 0.324 e. The summed E-state index contributed by atoms with van der Waals surface area (Å²) in [5.74, 6) is -0.127. The monoisotopic (exact) mass is 365 g/mol. The predicted molar refractivity (Wildman–Crippen MR) is 95.5 cm³/mol. The van der Waals surface area contributed by atoms with Gasteiger partial charge in [-0.05, 0) is 43.7 Å². The quantitative estimate of drug-likeness (QED) is 0.573. The molecule has 25 heavy (non-hydrogen) atoms. The molecule has 1 saturated heterocycles. The summed E-state index contributed by atoms with van der Waals surface area (Å²) in [4.78, 5) is 12.9. The lowest BCUT2D eigenvalue weighted by molar-refractivity contribution is -0.147. The number of carbonyl (C=O) groups excluding carboxylic acids is 1. The second-order valence-corrected chi connectivity index (χ2v) is 8.88. The second kappa shape index (κ2) is 7.87. The molecule has 0 radical (unpaired) electrons. The first kappa shape index (κ1) is 18.4. The van der Waals surface area contributed by atoms with Crippen molar-refractivity contribution in [3.05, 3.63) is 30.3 Å². The van der Waals surface area contributed by atoms with Gasteiger partial charge in [0.05, 0.1) is 11.5 Å². The summed E-state index contributed by atoms with van der Waals surface area (Å²) >= 11 is 0. The summed E-state index contributed by atoms with van der Waals surface area (Å²) in [6.07, 6.45) is 6.27. The maximum absolute atomic E-state index is 13.3. The number of ether oxygens (including phenoxy) is 1. The van der Waals surface area contributed by atoms with E-state index >= 15 is 0 Å². The molecule has 3 atom stereocenters. The standard InChI is InChI=1S/C19H27NO4S/c1-2-3-13-24-19(21)18-14-15-9-7-8-12-17(15)20(18)25(22,23)16-10-5-4-6-11-16/h4-6,10-11,15,17-18H,2-3,7-9,12-14H2,1H3. The van der Waals surface area contributed by atoms with Crippen LogP contribution in [0.2, 0.25) is 0 Å². The number of esters is 1. The highest BCUT2D eigenvalue weighted by molar-refractivity contribution is 7.89. The van der Waals surface area contributed by atoms with E-state index in [4.69, 9.17) is 4.74 Å². The number of rotatable bonds is 6. The summed E-state index contributed by atoms with van der Waals surface area (Å²) in [5, 5.41) is 0. The van der Waals surface area contributed by atoms with Crippen LogP contribution in [0.25, 0.3) is 0 Å². The van der Waals surface area contributed by atoms with Crippen LogP contribution in [0, 0.1) is 5.92 Å². The average Bonchev–Trinajstić information content (AvgIpc) is 3.03. The molecule has 2 aliphatic rings. The second-order valence-electron chi connectivity index (χ2n) is 7.03. The summed E-state index contributed by atoms with van der Waals surface area (Å²) in [6, 6.07) is 7.67. The Morgan fingerprint density at radius 2 is 1.92 bits per heavy atom. The lowest BCUT2D eigenvalue weighted by atomic mass is 9.85. The molecule has 0 spiro atoms. The van der Waals surface area contributed by atoms with Gasteiger partial charge in [-0.25, -0.2) is 8.42 Å². The number of unbranched alkanes of at least 4 members (excludes halogenated alkanes) is 1. The minimum atomic E-state index is -3.70. The van der Waals surface area contributed by atoms with Gasteiger partial charge in [0.1, 0.15) is 6.04 Å². The van der Waals surface area contributed by atoms with E-state index in [1.807, 2.05) is 6.92 Å². The van der Waals surface area contributed by atoms with E-state index in [-0.39, 0.29) is 22.8 Å². The summed E-state index contributed by atoms with van der Waals surface area (Å²) in [5.41, 5.74) is 0. The van der Waals surface area contributed by atoms with Crippen molar-refractivity contribution in [1.82, 2.24) is 4.31 Å². The van der Waals surface area contributed by atoms with Crippen LogP contribution in [0.4, 0.5) is 0 Å². The van der Waals surface area contributed by atoms with Gasteiger partial charge >= 0.3 is 5.97 Å². The van der Waals surface area contributed by atoms with E-state index in [0.717, 1.165) is 38.5 Å². The minimum absolute atomic E-state index is 0.0809. The molecule has 1 aromatic carbocycles. The van der Waals surface area contributed by atoms with Crippen LogP contribution in [-0.4, -0.2) is 37.4 Å². The molecular weight excluding hydrogens is 338 g/mol. The number of sulfonamides is 1. The fourth-order valence-corrected chi connectivity index (χ4v) is 5.98. The Morgan fingerprint density at radius 1 is 1.20 bits per heavy atom. The van der Waals surface area contributed by atoms with Crippen LogP contribution in [0.3, 0.4) is 0 Å². The molecule has 0 N–H and O–H groups in total. The van der Waals surface area contributed by atoms with Gasteiger partial charge < -0.3 is 4.74 Å². The van der Waals surface area contributed by atoms with Gasteiger partial charge in [0, 0.05) is 6.04 Å². The Morgan fingerprint density at radius 3 is 2.64 bits per heavy atom. The van der Waals surface area contributed by atoms with Gasteiger partial charge in [0.25, 0.3) is 0 Å². The zero-order valence-electron chi connectivity index (χ0n) is 14.8. The van der Waals surface area contributed by atoms with Crippen molar-refractivity contribution in [3.63, 3.8) is 0 Å². The molecule has 5 nitrogen and oxygen atoms in total. The normalized spacial score (nSPS) is 27.0. The van der Waals surface area contributed by atoms with Crippen molar-refractivity contribution in [2.45, 2.75) is 68.8 Å². The zero-order chi connectivity index (χ0) is 17.9. The molecule has 0 amide bonds. The van der Waals surface area contributed by atoms with Crippen molar-refractivity contribution in [2.75, 3.05) is 6.61 Å². The van der Waals surface area contributed by atoms with Gasteiger partial charge in [-0.3, -0.25) is 4.79 Å². The number of benzene rings is 1. The lowest BCUT2D eigenvalue weighted by Crippen LogP contribution is -2.46. The Kier molecular flexibility index (Phi) is 5.79. The highest BCUT2D eigenvalue weighted by Gasteiger charge is 2.51. The van der Waals surface area contributed by atoms with Crippen LogP contribution in [0.5, 0.6) is 0 Å². The Hall–Kier alpha value is -1.40. The van der Waals surface area contributed by atoms with Crippen LogP contribution in [0.15, 0.2) is 35.2 Å². The Bertz CT molecular complexity index is 689. The van der Waals surface area contributed by atoms with Crippen molar-refractivity contribution in [1.29, 1.82) is 0 Å². The summed E-state index contributed by atoms with van der Waals surface area (Å²) < 4.78 is 33.4. The number of hydrogen-bond donors (Lipinski definition) is 0. The Labute approximate surface area is 150 Å². The Balaban J connectivity index is 1.89. The maximum Gasteiger partial charge on any atom is 0.324 e. The molecule has 2 fully saturated rings. The predicted octanol–water partition coefficient (Wildman–Crippen LogP) is 3.35. The molecule has 3 unspecified atom stereocenters. The SMILES string of the molecule is CCCCOC(=O)C1CC2CCCCC2N1S(=O)(=O)c1ccccc1. The van der Waals surface area contributed by atoms with Crippen LogP contribution < -0.4 is 0 Å². The number of hydrogen-bond acceptors (Lipinski definition) is 4. The molecular formula is C19H27NO4S. The van der Waals surface area contributed by atoms with Gasteiger partial charge in [-0.2, -0.15) is 4.31 Å². The molecule has 1 aromatic rings. The molecule has 1 aliphatic heterocycles. The molecule has 1 saturated carbocycles. The maximum atomic E-state index is 13.3. The summed E-state index contributed by atoms with van der Waals surface area (Å²) in [7, 11) is -3.70. The number of fused-ring (bicyclic) bond motifs is 1. The molecule has 6 heteroatoms. The van der Waals surface area contributed by atoms with Crippen LogP contribution in [-0.2, 0) is 19.6 Å². The highest BCUT2D eigenvalue weighted by atomic mass is 32.2. The van der Waals surface area contributed by atoms with E-state index in [9.17, 15) is 13.2 Å². The van der Waals surface area contributed by atoms with E-state index in [1.165, 1.54) is 4.31 Å². The van der Waals surface area contributed by atoms with Gasteiger partial charge in [0.15, 0.2) is 0 Å². The van der Waals surface area contributed by atoms with Crippen molar-refractivity contribution < 1.29 is 17.9 Å². The van der Waals surface area contributed by atoms with Gasteiger partial charge in [0.2, 0.25) is 10.0 Å². The third-order valence-corrected chi connectivity index (χ3v) is 7.31. The molecule has 3 rings (SSSR count). The van der Waals surface area contributed by atoms with E-state index in [2.05, 4.69) is 0 Å².